The maximum absolute atomic E-state index is 5.82. The summed E-state index contributed by atoms with van der Waals surface area (Å²) in [6.07, 6.45) is 0. The molecule has 0 spiro atoms. The molecule has 18 heavy (non-hydrogen) atoms. The average molecular weight is 246 g/mol. The number of hydrogen-bond donors (Lipinski definition) is 2. The zero-order valence-electron chi connectivity index (χ0n) is 12.1. The van der Waals surface area contributed by atoms with Crippen LogP contribution in [0.5, 0.6) is 0 Å². The summed E-state index contributed by atoms with van der Waals surface area (Å²) in [5.41, 5.74) is 9.74. The molecule has 1 rings (SSSR count). The van der Waals surface area contributed by atoms with Crippen LogP contribution in [-0.2, 0) is 5.41 Å². The van der Waals surface area contributed by atoms with Crippen molar-refractivity contribution in [2.45, 2.75) is 39.2 Å². The van der Waals surface area contributed by atoms with Gasteiger partial charge in [0, 0.05) is 19.1 Å². The molecule has 0 amide bonds. The Labute approximate surface area is 111 Å². The summed E-state index contributed by atoms with van der Waals surface area (Å²) in [6, 6.07) is 8.93. The van der Waals surface area contributed by atoms with Crippen LogP contribution in [0.15, 0.2) is 36.4 Å². The van der Waals surface area contributed by atoms with Gasteiger partial charge in [0.15, 0.2) is 0 Å². The van der Waals surface area contributed by atoms with Crippen LogP contribution in [-0.4, -0.2) is 13.1 Å². The molecule has 1 aromatic carbocycles. The van der Waals surface area contributed by atoms with E-state index in [1.54, 1.807) is 0 Å². The van der Waals surface area contributed by atoms with E-state index >= 15 is 0 Å². The van der Waals surface area contributed by atoms with Crippen molar-refractivity contribution in [3.05, 3.63) is 47.5 Å². The van der Waals surface area contributed by atoms with Crippen molar-refractivity contribution in [3.8, 4) is 0 Å². The Morgan fingerprint density at radius 3 is 2.22 bits per heavy atom. The van der Waals surface area contributed by atoms with Crippen LogP contribution in [0.4, 0.5) is 0 Å². The van der Waals surface area contributed by atoms with Gasteiger partial charge in [-0.15, -0.1) is 0 Å². The van der Waals surface area contributed by atoms with Crippen molar-refractivity contribution < 1.29 is 0 Å². The Hall–Kier alpha value is -1.12. The van der Waals surface area contributed by atoms with E-state index in [1.807, 2.05) is 6.92 Å². The van der Waals surface area contributed by atoms with Gasteiger partial charge in [0.1, 0.15) is 0 Å². The standard InChI is InChI=1S/C16H26N2/c1-12(2)11-18-15(10-17)13-6-8-14(9-7-13)16(3,4)5/h6-9,15,18H,1,10-11,17H2,2-5H3. The molecule has 1 unspecified atom stereocenters. The lowest BCUT2D eigenvalue weighted by atomic mass is 9.86. The second kappa shape index (κ2) is 6.17. The number of nitrogens with two attached hydrogens (primary N) is 1. The van der Waals surface area contributed by atoms with Gasteiger partial charge in [-0.1, -0.05) is 57.2 Å². The minimum Gasteiger partial charge on any atom is -0.329 e. The van der Waals surface area contributed by atoms with Crippen LogP contribution in [0, 0.1) is 0 Å². The van der Waals surface area contributed by atoms with E-state index in [1.165, 1.54) is 11.1 Å². The van der Waals surface area contributed by atoms with Crippen LogP contribution in [0.3, 0.4) is 0 Å². The fourth-order valence-electron chi connectivity index (χ4n) is 1.85. The smallest absolute Gasteiger partial charge is 0.0447 e. The van der Waals surface area contributed by atoms with E-state index in [0.29, 0.717) is 6.54 Å². The van der Waals surface area contributed by atoms with Gasteiger partial charge in [-0.2, -0.15) is 0 Å². The van der Waals surface area contributed by atoms with Gasteiger partial charge in [0.2, 0.25) is 0 Å². The van der Waals surface area contributed by atoms with Gasteiger partial charge < -0.3 is 11.1 Å². The van der Waals surface area contributed by atoms with Gasteiger partial charge in [-0.3, -0.25) is 0 Å². The summed E-state index contributed by atoms with van der Waals surface area (Å²) in [4.78, 5) is 0. The summed E-state index contributed by atoms with van der Waals surface area (Å²) >= 11 is 0. The first kappa shape index (κ1) is 14.9. The van der Waals surface area contributed by atoms with Gasteiger partial charge >= 0.3 is 0 Å². The lowest BCUT2D eigenvalue weighted by molar-refractivity contribution is 0.565. The topological polar surface area (TPSA) is 38.0 Å². The minimum absolute atomic E-state index is 0.196. The van der Waals surface area contributed by atoms with Crippen LogP contribution < -0.4 is 11.1 Å². The van der Waals surface area contributed by atoms with Crippen LogP contribution >= 0.6 is 0 Å². The maximum atomic E-state index is 5.82. The van der Waals surface area contributed by atoms with Gasteiger partial charge in [0.25, 0.3) is 0 Å². The van der Waals surface area contributed by atoms with Crippen molar-refractivity contribution in [1.29, 1.82) is 0 Å². The molecule has 1 aromatic rings. The minimum atomic E-state index is 0.196. The van der Waals surface area contributed by atoms with Crippen molar-refractivity contribution in [3.63, 3.8) is 0 Å². The summed E-state index contributed by atoms with van der Waals surface area (Å²) < 4.78 is 0. The Balaban J connectivity index is 2.79. The first-order valence-electron chi connectivity index (χ1n) is 6.53. The molecule has 2 nitrogen and oxygen atoms in total. The molecule has 100 valence electrons. The summed E-state index contributed by atoms with van der Waals surface area (Å²) in [6.45, 7) is 14.0. The molecule has 0 fully saturated rings. The highest BCUT2D eigenvalue weighted by Gasteiger charge is 2.14. The lowest BCUT2D eigenvalue weighted by Crippen LogP contribution is -2.29. The molecule has 2 heteroatoms. The van der Waals surface area contributed by atoms with Gasteiger partial charge in [0.05, 0.1) is 0 Å². The fourth-order valence-corrected chi connectivity index (χ4v) is 1.85. The summed E-state index contributed by atoms with van der Waals surface area (Å²) in [7, 11) is 0. The second-order valence-corrected chi connectivity index (χ2v) is 6.00. The molecule has 0 heterocycles. The number of rotatable bonds is 5. The van der Waals surface area contributed by atoms with Crippen LogP contribution in [0.1, 0.15) is 44.9 Å². The lowest BCUT2D eigenvalue weighted by Gasteiger charge is -2.21. The largest absolute Gasteiger partial charge is 0.329 e. The average Bonchev–Trinajstić information content (AvgIpc) is 2.29. The van der Waals surface area contributed by atoms with E-state index in [-0.39, 0.29) is 11.5 Å². The Bertz CT molecular complexity index is 385. The van der Waals surface area contributed by atoms with E-state index in [4.69, 9.17) is 5.73 Å². The van der Waals surface area contributed by atoms with E-state index in [2.05, 4.69) is 56.9 Å². The van der Waals surface area contributed by atoms with Crippen molar-refractivity contribution in [2.24, 2.45) is 5.73 Å². The third-order valence-corrected chi connectivity index (χ3v) is 3.07. The zero-order valence-corrected chi connectivity index (χ0v) is 12.1. The third-order valence-electron chi connectivity index (χ3n) is 3.07. The number of benzene rings is 1. The fraction of sp³-hybridized carbons (Fsp3) is 0.500. The SMILES string of the molecule is C=C(C)CNC(CN)c1ccc(C(C)(C)C)cc1. The normalized spacial score (nSPS) is 13.4. The molecule has 3 N–H and O–H groups in total. The molecule has 0 aliphatic heterocycles. The molecule has 1 atom stereocenters. The molecular formula is C16H26N2. The molecule has 0 aromatic heterocycles. The summed E-state index contributed by atoms with van der Waals surface area (Å²) in [5.74, 6) is 0. The monoisotopic (exact) mass is 246 g/mol. The molecule has 0 saturated heterocycles. The maximum Gasteiger partial charge on any atom is 0.0447 e. The first-order chi connectivity index (χ1) is 8.34. The van der Waals surface area contributed by atoms with Crippen molar-refractivity contribution >= 4 is 0 Å². The van der Waals surface area contributed by atoms with Crippen molar-refractivity contribution in [1.82, 2.24) is 5.32 Å². The molecule has 0 bridgehead atoms. The van der Waals surface area contributed by atoms with E-state index in [0.717, 1.165) is 12.1 Å². The van der Waals surface area contributed by atoms with E-state index < -0.39 is 0 Å². The quantitative estimate of drug-likeness (QED) is 0.783. The second-order valence-electron chi connectivity index (χ2n) is 6.00. The van der Waals surface area contributed by atoms with E-state index in [9.17, 15) is 0 Å². The highest BCUT2D eigenvalue weighted by molar-refractivity contribution is 5.29. The Kier molecular flexibility index (Phi) is 5.12. The zero-order chi connectivity index (χ0) is 13.8. The van der Waals surface area contributed by atoms with Gasteiger partial charge in [-0.05, 0) is 23.5 Å². The van der Waals surface area contributed by atoms with Gasteiger partial charge in [-0.25, -0.2) is 0 Å². The Morgan fingerprint density at radius 2 is 1.83 bits per heavy atom. The third kappa shape index (κ3) is 4.28. The highest BCUT2D eigenvalue weighted by atomic mass is 14.9. The molecular weight excluding hydrogens is 220 g/mol. The van der Waals surface area contributed by atoms with Crippen LogP contribution in [0.2, 0.25) is 0 Å². The molecule has 0 aliphatic rings. The predicted molar refractivity (Wildman–Crippen MR) is 79.8 cm³/mol. The predicted octanol–water partition coefficient (Wildman–Crippen LogP) is 3.15. The summed E-state index contributed by atoms with van der Waals surface area (Å²) in [5, 5.41) is 3.42. The highest BCUT2D eigenvalue weighted by Crippen LogP contribution is 2.23. The molecule has 0 radical (unpaired) electrons. The Morgan fingerprint density at radius 1 is 1.28 bits per heavy atom. The first-order valence-corrected chi connectivity index (χ1v) is 6.53. The number of nitrogens with one attached hydrogen (secondary N) is 1. The number of hydrogen-bond acceptors (Lipinski definition) is 2. The van der Waals surface area contributed by atoms with Crippen LogP contribution in [0.25, 0.3) is 0 Å². The molecule has 0 saturated carbocycles. The van der Waals surface area contributed by atoms with Crippen molar-refractivity contribution in [2.75, 3.05) is 13.1 Å². The molecule has 0 aliphatic carbocycles.